The van der Waals surface area contributed by atoms with Crippen LogP contribution >= 0.6 is 0 Å². The van der Waals surface area contributed by atoms with E-state index in [1.807, 2.05) is 0 Å². The van der Waals surface area contributed by atoms with Crippen LogP contribution in [0.3, 0.4) is 0 Å². The molecule has 0 aliphatic heterocycles. The summed E-state index contributed by atoms with van der Waals surface area (Å²) < 4.78 is 30.1. The fraction of sp³-hybridized carbons (Fsp3) is 0.143. The highest BCUT2D eigenvalue weighted by molar-refractivity contribution is 7.85. The van der Waals surface area contributed by atoms with E-state index in [9.17, 15) is 13.5 Å². The van der Waals surface area contributed by atoms with E-state index in [4.69, 9.17) is 9.95 Å². The first-order chi connectivity index (χ1) is 6.36. The second-order valence-electron chi connectivity index (χ2n) is 2.66. The number of nitrogens with zero attached hydrogens (tertiary/aromatic N) is 2. The van der Waals surface area contributed by atoms with E-state index in [1.165, 1.54) is 6.92 Å². The monoisotopic (exact) mass is 214 g/mol. The van der Waals surface area contributed by atoms with E-state index in [-0.39, 0.29) is 5.56 Å². The third-order valence-electron chi connectivity index (χ3n) is 1.63. The van der Waals surface area contributed by atoms with Crippen LogP contribution in [0.15, 0.2) is 17.0 Å². The first kappa shape index (κ1) is 10.4. The third-order valence-corrected chi connectivity index (χ3v) is 2.47. The molecule has 0 fully saturated rings. The van der Waals surface area contributed by atoms with Gasteiger partial charge in [-0.1, -0.05) is 0 Å². The molecule has 0 spiro atoms. The zero-order chi connectivity index (χ0) is 10.9. The molecule has 1 rings (SSSR count). The lowest BCUT2D eigenvalue weighted by atomic mass is 10.2. The van der Waals surface area contributed by atoms with Crippen molar-refractivity contribution in [3.63, 3.8) is 0 Å². The molecule has 1 aromatic carbocycles. The van der Waals surface area contributed by atoms with Gasteiger partial charge >= 0.3 is 5.69 Å². The van der Waals surface area contributed by atoms with Crippen molar-refractivity contribution in [1.29, 1.82) is 5.39 Å². The van der Waals surface area contributed by atoms with Crippen molar-refractivity contribution < 1.29 is 18.1 Å². The average Bonchev–Trinajstić information content (AvgIpc) is 2.07. The van der Waals surface area contributed by atoms with Gasteiger partial charge in [-0.05, 0) is 24.3 Å². The number of hydrogen-bond acceptors (Lipinski definition) is 4. The van der Waals surface area contributed by atoms with Gasteiger partial charge in [0.05, 0.1) is 6.07 Å². The van der Waals surface area contributed by atoms with Gasteiger partial charge in [0.1, 0.15) is 4.90 Å². The normalized spacial score (nSPS) is 10.9. The van der Waals surface area contributed by atoms with E-state index in [2.05, 4.69) is 4.98 Å². The van der Waals surface area contributed by atoms with Crippen LogP contribution in [0.2, 0.25) is 0 Å². The molecule has 0 unspecified atom stereocenters. The molecule has 0 saturated heterocycles. The lowest BCUT2D eigenvalue weighted by Crippen LogP contribution is -2.01. The molecule has 0 heterocycles. The summed E-state index contributed by atoms with van der Waals surface area (Å²) in [5.74, 6) is -0.583. The number of hydrogen-bond donors (Lipinski definition) is 1. The fourth-order valence-corrected chi connectivity index (χ4v) is 1.53. The number of diazo groups is 1. The van der Waals surface area contributed by atoms with Crippen LogP contribution in [-0.4, -0.2) is 13.0 Å². The molecule has 6 nitrogen and oxygen atoms in total. The van der Waals surface area contributed by atoms with Crippen LogP contribution in [0.1, 0.15) is 5.56 Å². The van der Waals surface area contributed by atoms with Crippen LogP contribution in [0, 0.1) is 12.3 Å². The summed E-state index contributed by atoms with van der Waals surface area (Å²) in [7, 11) is -4.38. The van der Waals surface area contributed by atoms with Crippen LogP contribution < -0.4 is 5.11 Å². The Morgan fingerprint density at radius 1 is 1.50 bits per heavy atom. The van der Waals surface area contributed by atoms with Crippen LogP contribution in [0.4, 0.5) is 5.69 Å². The van der Waals surface area contributed by atoms with Crippen molar-refractivity contribution in [3.05, 3.63) is 22.7 Å². The first-order valence-electron chi connectivity index (χ1n) is 3.50. The van der Waals surface area contributed by atoms with Gasteiger partial charge < -0.3 is 5.11 Å². The van der Waals surface area contributed by atoms with Gasteiger partial charge in [0, 0.05) is 0 Å². The summed E-state index contributed by atoms with van der Waals surface area (Å²) in [6, 6.07) is 1.80. The van der Waals surface area contributed by atoms with E-state index < -0.39 is 26.5 Å². The Hall–Kier alpha value is -1.65. The first-order valence-corrected chi connectivity index (χ1v) is 4.94. The molecule has 0 atom stereocenters. The predicted octanol–water partition coefficient (Wildman–Crippen LogP) is 0.800. The van der Waals surface area contributed by atoms with Crippen molar-refractivity contribution in [2.45, 2.75) is 11.8 Å². The lowest BCUT2D eigenvalue weighted by molar-refractivity contribution is -0.267. The predicted molar refractivity (Wildman–Crippen MR) is 45.2 cm³/mol. The van der Waals surface area contributed by atoms with Gasteiger partial charge in [-0.2, -0.15) is 8.42 Å². The summed E-state index contributed by atoms with van der Waals surface area (Å²) in [5, 5.41) is 19.5. The zero-order valence-corrected chi connectivity index (χ0v) is 7.95. The Morgan fingerprint density at radius 2 is 2.07 bits per heavy atom. The molecule has 0 bridgehead atoms. The van der Waals surface area contributed by atoms with Crippen LogP contribution in [-0.2, 0) is 10.1 Å². The molecular formula is C7H6N2O4S. The Bertz CT molecular complexity index is 515. The van der Waals surface area contributed by atoms with E-state index >= 15 is 0 Å². The topological polar surface area (TPSA) is 106 Å². The SMILES string of the molecule is Cc1cc(S(=O)(=O)O)cc([N+]#N)c1[O-]. The van der Waals surface area contributed by atoms with Crippen molar-refractivity contribution in [3.8, 4) is 5.75 Å². The zero-order valence-electron chi connectivity index (χ0n) is 7.13. The largest absolute Gasteiger partial charge is 0.867 e. The number of benzene rings is 1. The molecular weight excluding hydrogens is 208 g/mol. The maximum Gasteiger partial charge on any atom is 0.379 e. The van der Waals surface area contributed by atoms with Crippen molar-refractivity contribution in [2.24, 2.45) is 0 Å². The van der Waals surface area contributed by atoms with E-state index in [1.54, 1.807) is 0 Å². The van der Waals surface area contributed by atoms with Gasteiger partial charge in [0.15, 0.2) is 4.98 Å². The standard InChI is InChI=1S/C7H6N2O4S/c1-4-2-5(14(11,12)13)3-6(9-8)7(4)10/h2-3H,1H3,(H-,10,11,12,13). The summed E-state index contributed by atoms with van der Waals surface area (Å²) >= 11 is 0. The molecule has 0 aliphatic carbocycles. The third kappa shape index (κ3) is 1.81. The van der Waals surface area contributed by atoms with Crippen molar-refractivity contribution in [2.75, 3.05) is 0 Å². The Labute approximate surface area is 80.2 Å². The van der Waals surface area contributed by atoms with Crippen molar-refractivity contribution in [1.82, 2.24) is 0 Å². The molecule has 0 aromatic heterocycles. The highest BCUT2D eigenvalue weighted by Gasteiger charge is 2.17. The second-order valence-corrected chi connectivity index (χ2v) is 4.09. The van der Waals surface area contributed by atoms with Gasteiger partial charge in [-0.3, -0.25) is 4.55 Å². The summed E-state index contributed by atoms with van der Waals surface area (Å²) in [6.07, 6.45) is 0. The molecule has 0 saturated carbocycles. The Balaban J connectivity index is 3.56. The molecule has 14 heavy (non-hydrogen) atoms. The Kier molecular flexibility index (Phi) is 2.42. The van der Waals surface area contributed by atoms with Gasteiger partial charge in [-0.15, -0.1) is 0 Å². The van der Waals surface area contributed by atoms with Crippen LogP contribution in [0.5, 0.6) is 5.75 Å². The van der Waals surface area contributed by atoms with Crippen LogP contribution in [0.25, 0.3) is 4.98 Å². The highest BCUT2D eigenvalue weighted by atomic mass is 32.2. The lowest BCUT2D eigenvalue weighted by Gasteiger charge is -2.06. The summed E-state index contributed by atoms with van der Waals surface area (Å²) in [4.78, 5) is 2.15. The molecule has 1 N–H and O–H groups in total. The summed E-state index contributed by atoms with van der Waals surface area (Å²) in [5.41, 5.74) is -0.342. The van der Waals surface area contributed by atoms with Crippen molar-refractivity contribution >= 4 is 15.8 Å². The Morgan fingerprint density at radius 3 is 2.50 bits per heavy atom. The minimum Gasteiger partial charge on any atom is -0.867 e. The minimum atomic E-state index is -4.38. The van der Waals surface area contributed by atoms with E-state index in [0.717, 1.165) is 12.1 Å². The maximum atomic E-state index is 11.1. The molecule has 0 amide bonds. The molecule has 0 radical (unpaired) electrons. The number of aryl methyl sites for hydroxylation is 1. The molecule has 0 aliphatic rings. The molecule has 7 heteroatoms. The highest BCUT2D eigenvalue weighted by Crippen LogP contribution is 2.30. The molecule has 1 aromatic rings. The summed E-state index contributed by atoms with van der Waals surface area (Å²) in [6.45, 7) is 1.35. The maximum absolute atomic E-state index is 11.1. The van der Waals surface area contributed by atoms with Gasteiger partial charge in [-0.25, -0.2) is 0 Å². The van der Waals surface area contributed by atoms with Gasteiger partial charge in [0.25, 0.3) is 10.1 Å². The quantitative estimate of drug-likeness (QED) is 0.549. The van der Waals surface area contributed by atoms with Gasteiger partial charge in [0.2, 0.25) is 5.39 Å². The molecule has 74 valence electrons. The van der Waals surface area contributed by atoms with E-state index in [0.29, 0.717) is 0 Å². The smallest absolute Gasteiger partial charge is 0.379 e. The average molecular weight is 214 g/mol. The minimum absolute atomic E-state index is 0.0768. The fourth-order valence-electron chi connectivity index (χ4n) is 0.946. The second kappa shape index (κ2) is 3.25. The number of rotatable bonds is 1.